The monoisotopic (exact) mass is 375 g/mol. The number of carboxylic acids is 1. The van der Waals surface area contributed by atoms with Crippen molar-refractivity contribution in [3.05, 3.63) is 42.2 Å². The maximum Gasteiger partial charge on any atom is 0.326 e. The van der Waals surface area contributed by atoms with E-state index in [4.69, 9.17) is 9.47 Å². The number of carbonyl (C=O) groups is 2. The van der Waals surface area contributed by atoms with Crippen LogP contribution in [0.25, 0.3) is 5.69 Å². The van der Waals surface area contributed by atoms with Crippen molar-refractivity contribution in [3.63, 3.8) is 0 Å². The fourth-order valence-corrected chi connectivity index (χ4v) is 2.46. The molecule has 0 radical (unpaired) electrons. The van der Waals surface area contributed by atoms with Crippen LogP contribution in [0.4, 0.5) is 0 Å². The van der Waals surface area contributed by atoms with E-state index in [2.05, 4.69) is 10.4 Å². The first kappa shape index (κ1) is 20.4. The molecule has 2 atom stereocenters. The number of benzene rings is 1. The largest absolute Gasteiger partial charge is 0.487 e. The molecule has 0 fully saturated rings. The van der Waals surface area contributed by atoms with Crippen molar-refractivity contribution in [2.24, 2.45) is 5.92 Å². The van der Waals surface area contributed by atoms with Crippen LogP contribution in [-0.4, -0.2) is 53.1 Å². The first-order valence-electron chi connectivity index (χ1n) is 8.78. The van der Waals surface area contributed by atoms with E-state index in [-0.39, 0.29) is 24.0 Å². The molecular formula is C19H25N3O5. The Balaban J connectivity index is 2.30. The van der Waals surface area contributed by atoms with E-state index < -0.39 is 17.9 Å². The number of ether oxygens (including phenoxy) is 2. The predicted octanol–water partition coefficient (Wildman–Crippen LogP) is 2.13. The molecule has 1 amide bonds. The minimum Gasteiger partial charge on any atom is -0.487 e. The zero-order chi connectivity index (χ0) is 19.8. The average molecular weight is 375 g/mol. The van der Waals surface area contributed by atoms with Crippen molar-refractivity contribution in [1.82, 2.24) is 15.1 Å². The molecule has 0 spiro atoms. The van der Waals surface area contributed by atoms with Gasteiger partial charge in [-0.15, -0.1) is 0 Å². The van der Waals surface area contributed by atoms with Gasteiger partial charge in [-0.25, -0.2) is 9.48 Å². The number of para-hydroxylation sites is 1. The lowest BCUT2D eigenvalue weighted by Crippen LogP contribution is -2.45. The molecule has 8 heteroatoms. The SMILES string of the molecule is CC[C@H](C)[C@H](NC(=O)c1nn(-c2ccccc2)cc1OCCOC)C(=O)O. The lowest BCUT2D eigenvalue weighted by Gasteiger charge is -2.19. The highest BCUT2D eigenvalue weighted by atomic mass is 16.5. The quantitative estimate of drug-likeness (QED) is 0.617. The molecule has 8 nitrogen and oxygen atoms in total. The Morgan fingerprint density at radius 3 is 2.56 bits per heavy atom. The number of nitrogens with zero attached hydrogens (tertiary/aromatic N) is 2. The Bertz CT molecular complexity index is 760. The van der Waals surface area contributed by atoms with Gasteiger partial charge in [0.05, 0.1) is 18.5 Å². The highest BCUT2D eigenvalue weighted by Gasteiger charge is 2.28. The number of carboxylic acid groups (broad SMARTS) is 1. The van der Waals surface area contributed by atoms with Crippen LogP contribution in [0.15, 0.2) is 36.5 Å². The Morgan fingerprint density at radius 2 is 1.96 bits per heavy atom. The third-order valence-corrected chi connectivity index (χ3v) is 4.23. The molecule has 1 heterocycles. The molecule has 1 aromatic heterocycles. The van der Waals surface area contributed by atoms with E-state index in [1.54, 1.807) is 20.2 Å². The van der Waals surface area contributed by atoms with Gasteiger partial charge in [0, 0.05) is 7.11 Å². The fourth-order valence-electron chi connectivity index (χ4n) is 2.46. The number of amides is 1. The molecule has 0 aliphatic rings. The first-order valence-corrected chi connectivity index (χ1v) is 8.78. The molecule has 0 saturated heterocycles. The van der Waals surface area contributed by atoms with Crippen LogP contribution in [0.5, 0.6) is 5.75 Å². The van der Waals surface area contributed by atoms with Gasteiger partial charge in [-0.05, 0) is 18.1 Å². The van der Waals surface area contributed by atoms with E-state index in [1.165, 1.54) is 4.68 Å². The second kappa shape index (κ2) is 9.72. The summed E-state index contributed by atoms with van der Waals surface area (Å²) in [6.07, 6.45) is 2.21. The van der Waals surface area contributed by atoms with Crippen LogP contribution in [0.3, 0.4) is 0 Å². The normalized spacial score (nSPS) is 13.0. The Labute approximate surface area is 158 Å². The third kappa shape index (κ3) is 5.30. The van der Waals surface area contributed by atoms with Gasteiger partial charge >= 0.3 is 5.97 Å². The number of rotatable bonds is 10. The Morgan fingerprint density at radius 1 is 1.26 bits per heavy atom. The van der Waals surface area contributed by atoms with Crippen molar-refractivity contribution in [1.29, 1.82) is 0 Å². The number of hydrogen-bond acceptors (Lipinski definition) is 5. The third-order valence-electron chi connectivity index (χ3n) is 4.23. The summed E-state index contributed by atoms with van der Waals surface area (Å²) < 4.78 is 12.1. The first-order chi connectivity index (χ1) is 13.0. The second-order valence-corrected chi connectivity index (χ2v) is 6.14. The molecule has 0 bridgehead atoms. The van der Waals surface area contributed by atoms with Gasteiger partial charge in [0.25, 0.3) is 5.91 Å². The highest BCUT2D eigenvalue weighted by Crippen LogP contribution is 2.21. The Kier molecular flexibility index (Phi) is 7.36. The van der Waals surface area contributed by atoms with Crippen molar-refractivity contribution in [3.8, 4) is 11.4 Å². The van der Waals surface area contributed by atoms with E-state index in [1.807, 2.05) is 37.3 Å². The molecule has 2 rings (SSSR count). The number of carbonyl (C=O) groups excluding carboxylic acids is 1. The van der Waals surface area contributed by atoms with Crippen LogP contribution in [-0.2, 0) is 9.53 Å². The summed E-state index contributed by atoms with van der Waals surface area (Å²) in [6.45, 7) is 4.24. The molecular weight excluding hydrogens is 350 g/mol. The van der Waals surface area contributed by atoms with Gasteiger partial charge in [-0.1, -0.05) is 38.5 Å². The smallest absolute Gasteiger partial charge is 0.326 e. The molecule has 0 aliphatic carbocycles. The topological polar surface area (TPSA) is 103 Å². The fraction of sp³-hybridized carbons (Fsp3) is 0.421. The lowest BCUT2D eigenvalue weighted by atomic mass is 9.99. The number of nitrogens with one attached hydrogen (secondary N) is 1. The predicted molar refractivity (Wildman–Crippen MR) is 99.3 cm³/mol. The van der Waals surface area contributed by atoms with Crippen molar-refractivity contribution < 1.29 is 24.2 Å². The molecule has 0 aliphatic heterocycles. The minimum atomic E-state index is -1.08. The van der Waals surface area contributed by atoms with Crippen molar-refractivity contribution in [2.45, 2.75) is 26.3 Å². The summed E-state index contributed by atoms with van der Waals surface area (Å²) >= 11 is 0. The minimum absolute atomic E-state index is 0.0320. The number of methoxy groups -OCH3 is 1. The van der Waals surface area contributed by atoms with E-state index in [0.29, 0.717) is 13.0 Å². The van der Waals surface area contributed by atoms with Crippen molar-refractivity contribution >= 4 is 11.9 Å². The van der Waals surface area contributed by atoms with E-state index in [0.717, 1.165) is 5.69 Å². The van der Waals surface area contributed by atoms with Crippen molar-refractivity contribution in [2.75, 3.05) is 20.3 Å². The van der Waals surface area contributed by atoms with Crippen LogP contribution in [0.2, 0.25) is 0 Å². The van der Waals surface area contributed by atoms with Crippen LogP contribution < -0.4 is 10.1 Å². The standard InChI is InChI=1S/C19H25N3O5/c1-4-13(2)16(19(24)25)20-18(23)17-15(27-11-10-26-3)12-22(21-17)14-8-6-5-7-9-14/h5-9,12-13,16H,4,10-11H2,1-3H3,(H,20,23)(H,24,25)/t13-,16-/m0/s1. The maximum atomic E-state index is 12.7. The van der Waals surface area contributed by atoms with Gasteiger partial charge in [-0.2, -0.15) is 5.10 Å². The van der Waals surface area contributed by atoms with E-state index in [9.17, 15) is 14.7 Å². The van der Waals surface area contributed by atoms with Gasteiger partial charge in [0.1, 0.15) is 12.6 Å². The number of hydrogen-bond donors (Lipinski definition) is 2. The summed E-state index contributed by atoms with van der Waals surface area (Å²) in [5, 5.41) is 16.3. The second-order valence-electron chi connectivity index (χ2n) is 6.14. The lowest BCUT2D eigenvalue weighted by molar-refractivity contribution is -0.140. The molecule has 1 aromatic carbocycles. The molecule has 2 aromatic rings. The van der Waals surface area contributed by atoms with E-state index >= 15 is 0 Å². The highest BCUT2D eigenvalue weighted by molar-refractivity contribution is 5.97. The number of aliphatic carboxylic acids is 1. The summed E-state index contributed by atoms with van der Waals surface area (Å²) in [7, 11) is 1.55. The molecule has 0 unspecified atom stereocenters. The van der Waals surface area contributed by atoms with Crippen LogP contribution >= 0.6 is 0 Å². The van der Waals surface area contributed by atoms with Crippen LogP contribution in [0, 0.1) is 5.92 Å². The molecule has 27 heavy (non-hydrogen) atoms. The molecule has 146 valence electrons. The Hall–Kier alpha value is -2.87. The molecule has 0 saturated carbocycles. The summed E-state index contributed by atoms with van der Waals surface area (Å²) in [5.41, 5.74) is 0.786. The molecule has 2 N–H and O–H groups in total. The summed E-state index contributed by atoms with van der Waals surface area (Å²) in [4.78, 5) is 24.2. The number of aromatic nitrogens is 2. The zero-order valence-electron chi connectivity index (χ0n) is 15.7. The summed E-state index contributed by atoms with van der Waals surface area (Å²) in [5.74, 6) is -1.63. The van der Waals surface area contributed by atoms with Gasteiger partial charge in [-0.3, -0.25) is 4.79 Å². The average Bonchev–Trinajstić information content (AvgIpc) is 3.10. The summed E-state index contributed by atoms with van der Waals surface area (Å²) in [6, 6.07) is 8.26. The zero-order valence-corrected chi connectivity index (χ0v) is 15.7. The van der Waals surface area contributed by atoms with Crippen LogP contribution in [0.1, 0.15) is 30.8 Å². The van der Waals surface area contributed by atoms with Gasteiger partial charge in [0.2, 0.25) is 0 Å². The van der Waals surface area contributed by atoms with Gasteiger partial charge in [0.15, 0.2) is 11.4 Å². The maximum absolute atomic E-state index is 12.7. The van der Waals surface area contributed by atoms with Gasteiger partial charge < -0.3 is 19.9 Å².